The lowest BCUT2D eigenvalue weighted by atomic mass is 9.97. The van der Waals surface area contributed by atoms with Gasteiger partial charge in [0.2, 0.25) is 5.88 Å². The fourth-order valence-electron chi connectivity index (χ4n) is 4.10. The summed E-state index contributed by atoms with van der Waals surface area (Å²) in [6.45, 7) is 7.92. The quantitative estimate of drug-likeness (QED) is 0.672. The Morgan fingerprint density at radius 3 is 2.73 bits per heavy atom. The van der Waals surface area contributed by atoms with Crippen molar-refractivity contribution in [3.8, 4) is 5.88 Å². The summed E-state index contributed by atoms with van der Waals surface area (Å²) in [5, 5.41) is 12.3. The number of pyridine rings is 1. The molecule has 1 aromatic heterocycles. The van der Waals surface area contributed by atoms with Gasteiger partial charge in [-0.1, -0.05) is 18.5 Å². The molecule has 2 bridgehead atoms. The van der Waals surface area contributed by atoms with Crippen molar-refractivity contribution in [1.82, 2.24) is 15.2 Å². The zero-order chi connectivity index (χ0) is 22.2. The van der Waals surface area contributed by atoms with Crippen molar-refractivity contribution in [1.29, 1.82) is 0 Å². The number of nitrogens with zero attached hydrogens (tertiary/aromatic N) is 2. The number of aromatic carboxylic acids is 1. The van der Waals surface area contributed by atoms with Crippen LogP contribution in [0.25, 0.3) is 0 Å². The van der Waals surface area contributed by atoms with Crippen LogP contribution in [0.1, 0.15) is 57.3 Å². The third-order valence-electron chi connectivity index (χ3n) is 5.35. The van der Waals surface area contributed by atoms with Gasteiger partial charge in [0.15, 0.2) is 11.0 Å². The first-order valence-electron chi connectivity index (χ1n) is 10.0. The minimum atomic E-state index is -1.36. The molecule has 0 aromatic carbocycles. The van der Waals surface area contributed by atoms with Crippen molar-refractivity contribution in [3.05, 3.63) is 22.6 Å². The standard InChI is InChI=1S/C20H27ClFN3O5/c1-5-14(29-17-11(18(26)27)8-12(22)16(21)24-17)15-13-7-6-10(9-23-15)25(13)19(28)30-20(2,3)4/h8,10,13-15,23H,5-7,9H2,1-4H3,(H,26,27)/t10-,13+,14?,15+/m1/s1. The number of halogens is 2. The van der Waals surface area contributed by atoms with E-state index in [1.165, 1.54) is 0 Å². The fraction of sp³-hybridized carbons (Fsp3) is 0.650. The summed E-state index contributed by atoms with van der Waals surface area (Å²) in [7, 11) is 0. The van der Waals surface area contributed by atoms with E-state index in [-0.39, 0.29) is 30.1 Å². The summed E-state index contributed by atoms with van der Waals surface area (Å²) in [5.74, 6) is -2.54. The molecule has 0 spiro atoms. The largest absolute Gasteiger partial charge is 0.477 e. The van der Waals surface area contributed by atoms with Crippen LogP contribution >= 0.6 is 11.6 Å². The predicted octanol–water partition coefficient (Wildman–Crippen LogP) is 3.47. The minimum Gasteiger partial charge on any atom is -0.477 e. The number of rotatable bonds is 5. The van der Waals surface area contributed by atoms with Crippen LogP contribution in [0.2, 0.25) is 5.15 Å². The molecule has 4 atom stereocenters. The molecule has 30 heavy (non-hydrogen) atoms. The number of piperazine rings is 1. The molecule has 0 saturated carbocycles. The Balaban J connectivity index is 1.84. The highest BCUT2D eigenvalue weighted by atomic mass is 35.5. The molecule has 8 nitrogen and oxygen atoms in total. The summed E-state index contributed by atoms with van der Waals surface area (Å²) >= 11 is 5.75. The fourth-order valence-corrected chi connectivity index (χ4v) is 4.23. The lowest BCUT2D eigenvalue weighted by Gasteiger charge is -2.43. The summed E-state index contributed by atoms with van der Waals surface area (Å²) in [5.41, 5.74) is -1.01. The van der Waals surface area contributed by atoms with Gasteiger partial charge in [-0.25, -0.2) is 14.0 Å². The number of carboxylic acids is 1. The number of ether oxygens (including phenoxy) is 2. The number of aromatic nitrogens is 1. The Morgan fingerprint density at radius 1 is 1.43 bits per heavy atom. The second-order valence-electron chi connectivity index (χ2n) is 8.60. The predicted molar refractivity (Wildman–Crippen MR) is 108 cm³/mol. The van der Waals surface area contributed by atoms with Gasteiger partial charge in [0, 0.05) is 12.6 Å². The normalized spacial score (nSPS) is 24.5. The van der Waals surface area contributed by atoms with Gasteiger partial charge in [0.25, 0.3) is 0 Å². The van der Waals surface area contributed by atoms with Gasteiger partial charge in [-0.05, 0) is 46.1 Å². The molecule has 2 N–H and O–H groups in total. The van der Waals surface area contributed by atoms with Crippen LogP contribution in [0, 0.1) is 5.82 Å². The van der Waals surface area contributed by atoms with E-state index in [0.717, 1.165) is 18.9 Å². The van der Waals surface area contributed by atoms with Crippen molar-refractivity contribution in [2.24, 2.45) is 0 Å². The van der Waals surface area contributed by atoms with Gasteiger partial charge in [-0.15, -0.1) is 0 Å². The lowest BCUT2D eigenvalue weighted by Crippen LogP contribution is -2.64. The second kappa shape index (κ2) is 8.55. The zero-order valence-corrected chi connectivity index (χ0v) is 18.2. The van der Waals surface area contributed by atoms with E-state index in [2.05, 4.69) is 10.3 Å². The van der Waals surface area contributed by atoms with E-state index in [0.29, 0.717) is 13.0 Å². The first-order valence-corrected chi connectivity index (χ1v) is 10.4. The molecule has 1 unspecified atom stereocenters. The number of hydrogen-bond acceptors (Lipinski definition) is 6. The summed E-state index contributed by atoms with van der Waals surface area (Å²) < 4.78 is 25.2. The van der Waals surface area contributed by atoms with Gasteiger partial charge >= 0.3 is 12.1 Å². The molecule has 0 radical (unpaired) electrons. The Morgan fingerprint density at radius 2 is 2.13 bits per heavy atom. The molecular formula is C20H27ClFN3O5. The summed E-state index contributed by atoms with van der Waals surface area (Å²) in [4.78, 5) is 29.9. The number of hydrogen-bond donors (Lipinski definition) is 2. The first-order chi connectivity index (χ1) is 14.0. The highest BCUT2D eigenvalue weighted by Gasteiger charge is 2.49. The lowest BCUT2D eigenvalue weighted by molar-refractivity contribution is -0.00719. The third-order valence-corrected chi connectivity index (χ3v) is 5.61. The second-order valence-corrected chi connectivity index (χ2v) is 8.96. The van der Waals surface area contributed by atoms with Crippen molar-refractivity contribution in [2.75, 3.05) is 6.54 Å². The van der Waals surface area contributed by atoms with Crippen LogP contribution in [0.3, 0.4) is 0 Å². The molecule has 3 rings (SSSR count). The van der Waals surface area contributed by atoms with Crippen molar-refractivity contribution in [2.45, 2.75) is 76.8 Å². The van der Waals surface area contributed by atoms with Crippen LogP contribution in [-0.2, 0) is 4.74 Å². The van der Waals surface area contributed by atoms with E-state index in [1.54, 1.807) is 4.90 Å². The van der Waals surface area contributed by atoms with Gasteiger partial charge in [-0.2, -0.15) is 4.98 Å². The van der Waals surface area contributed by atoms with Gasteiger partial charge < -0.3 is 19.9 Å². The maximum absolute atomic E-state index is 13.7. The SMILES string of the molecule is CCC(Oc1nc(Cl)c(F)cc1C(=O)O)[C@H]1NC[C@H]2CC[C@@H]1N2C(=O)OC(C)(C)C. The highest BCUT2D eigenvalue weighted by molar-refractivity contribution is 6.29. The molecule has 2 saturated heterocycles. The zero-order valence-electron chi connectivity index (χ0n) is 17.4. The minimum absolute atomic E-state index is 0.0339. The number of carbonyl (C=O) groups excluding carboxylic acids is 1. The van der Waals surface area contributed by atoms with E-state index >= 15 is 0 Å². The molecule has 1 aromatic rings. The average Bonchev–Trinajstić information content (AvgIpc) is 2.95. The number of nitrogens with one attached hydrogen (secondary N) is 1. The number of fused-ring (bicyclic) bond motifs is 2. The monoisotopic (exact) mass is 443 g/mol. The van der Waals surface area contributed by atoms with E-state index in [4.69, 9.17) is 21.1 Å². The summed E-state index contributed by atoms with van der Waals surface area (Å²) in [6, 6.07) is 0.389. The molecule has 1 amide bonds. The van der Waals surface area contributed by atoms with Crippen LogP contribution in [0.15, 0.2) is 6.07 Å². The molecular weight excluding hydrogens is 417 g/mol. The van der Waals surface area contributed by atoms with E-state index in [1.807, 2.05) is 27.7 Å². The van der Waals surface area contributed by atoms with Crippen LogP contribution < -0.4 is 10.1 Å². The molecule has 2 aliphatic heterocycles. The van der Waals surface area contributed by atoms with Crippen LogP contribution in [0.4, 0.5) is 9.18 Å². The molecule has 10 heteroatoms. The van der Waals surface area contributed by atoms with Crippen LogP contribution in [0.5, 0.6) is 5.88 Å². The molecule has 166 valence electrons. The van der Waals surface area contributed by atoms with Gasteiger partial charge in [0.1, 0.15) is 17.3 Å². The van der Waals surface area contributed by atoms with Crippen molar-refractivity contribution < 1.29 is 28.6 Å². The Labute approximate surface area is 179 Å². The first kappa shape index (κ1) is 22.6. The molecule has 2 aliphatic rings. The van der Waals surface area contributed by atoms with E-state index in [9.17, 15) is 19.1 Å². The highest BCUT2D eigenvalue weighted by Crippen LogP contribution is 2.34. The van der Waals surface area contributed by atoms with Gasteiger partial charge in [-0.3, -0.25) is 4.90 Å². The summed E-state index contributed by atoms with van der Waals surface area (Å²) in [6.07, 6.45) is 1.24. The smallest absolute Gasteiger partial charge is 0.410 e. The topological polar surface area (TPSA) is 101 Å². The number of carbonyl (C=O) groups is 2. The van der Waals surface area contributed by atoms with Crippen molar-refractivity contribution in [3.63, 3.8) is 0 Å². The van der Waals surface area contributed by atoms with Crippen molar-refractivity contribution >= 4 is 23.7 Å². The van der Waals surface area contributed by atoms with Crippen LogP contribution in [-0.4, -0.2) is 63.4 Å². The molecule has 0 aliphatic carbocycles. The Bertz CT molecular complexity index is 831. The van der Waals surface area contributed by atoms with E-state index < -0.39 is 34.2 Å². The average molecular weight is 444 g/mol. The third kappa shape index (κ3) is 4.62. The Hall–Kier alpha value is -2.13. The maximum atomic E-state index is 13.7. The number of amides is 1. The maximum Gasteiger partial charge on any atom is 0.410 e. The molecule has 3 heterocycles. The molecule has 2 fully saturated rings. The Kier molecular flexibility index (Phi) is 6.43. The number of carboxylic acid groups (broad SMARTS) is 1. The van der Waals surface area contributed by atoms with Gasteiger partial charge in [0.05, 0.1) is 12.1 Å².